The minimum absolute atomic E-state index is 0. The molecule has 0 aliphatic rings. The SMILES string of the molecule is O=C([O-])c1cc(S(=O)(=O)O)ccc1O.O=C([O-])c1cc(S(=O)(=O)O)ccc1O.O=C([O-])c1cc(S(=O)(=O)O)ccc1O.[Al+3]. The zero-order valence-corrected chi connectivity index (χ0v) is 24.2. The Morgan fingerprint density at radius 3 is 0.791 bits per heavy atom. The molecule has 0 aliphatic heterocycles. The van der Waals surface area contributed by atoms with E-state index in [4.69, 9.17) is 29.0 Å². The third kappa shape index (κ3) is 11.5. The fraction of sp³-hybridized carbons (Fsp3) is 0. The van der Waals surface area contributed by atoms with Crippen molar-refractivity contribution >= 4 is 65.6 Å². The Morgan fingerprint density at radius 2 is 0.651 bits per heavy atom. The first-order valence-corrected chi connectivity index (χ1v) is 14.3. The average Bonchev–Trinajstić information content (AvgIpc) is 2.83. The number of hydrogen-bond donors (Lipinski definition) is 6. The van der Waals surface area contributed by atoms with Gasteiger partial charge >= 0.3 is 17.4 Å². The second kappa shape index (κ2) is 14.8. The van der Waals surface area contributed by atoms with Gasteiger partial charge in [0.2, 0.25) is 0 Å². The van der Waals surface area contributed by atoms with Gasteiger partial charge in [0.15, 0.2) is 0 Å². The molecule has 0 spiro atoms. The Labute approximate surface area is 252 Å². The molecule has 228 valence electrons. The monoisotopic (exact) mass is 678 g/mol. The number of carbonyl (C=O) groups is 3. The van der Waals surface area contributed by atoms with Crippen LogP contribution in [0.3, 0.4) is 0 Å². The molecule has 0 saturated carbocycles. The predicted molar refractivity (Wildman–Crippen MR) is 133 cm³/mol. The summed E-state index contributed by atoms with van der Waals surface area (Å²) in [5, 5.41) is 58.0. The van der Waals surface area contributed by atoms with Crippen LogP contribution < -0.4 is 15.3 Å². The van der Waals surface area contributed by atoms with Crippen LogP contribution in [0.2, 0.25) is 0 Å². The van der Waals surface area contributed by atoms with E-state index in [1.54, 1.807) is 0 Å². The predicted octanol–water partition coefficient (Wildman–Crippen LogP) is -3.37. The first kappa shape index (κ1) is 38.7. The quantitative estimate of drug-likeness (QED) is 0.109. The Morgan fingerprint density at radius 1 is 0.465 bits per heavy atom. The van der Waals surface area contributed by atoms with Gasteiger partial charge in [-0.25, -0.2) is 0 Å². The fourth-order valence-corrected chi connectivity index (χ4v) is 4.04. The summed E-state index contributed by atoms with van der Waals surface area (Å²) in [7, 11) is -13.4. The first-order valence-electron chi connectivity index (χ1n) is 10.0. The summed E-state index contributed by atoms with van der Waals surface area (Å²) in [6.07, 6.45) is 0. The molecular weight excluding hydrogens is 663 g/mol. The van der Waals surface area contributed by atoms with E-state index in [0.29, 0.717) is 18.2 Å². The molecule has 43 heavy (non-hydrogen) atoms. The van der Waals surface area contributed by atoms with Crippen LogP contribution in [0.5, 0.6) is 17.2 Å². The second-order valence-electron chi connectivity index (χ2n) is 7.32. The van der Waals surface area contributed by atoms with Crippen LogP contribution in [0, 0.1) is 0 Å². The summed E-state index contributed by atoms with van der Waals surface area (Å²) in [5.74, 6) is -7.07. The van der Waals surface area contributed by atoms with Crippen LogP contribution >= 0.6 is 0 Å². The van der Waals surface area contributed by atoms with E-state index in [0.717, 1.165) is 36.4 Å². The van der Waals surface area contributed by atoms with Crippen molar-refractivity contribution in [3.63, 3.8) is 0 Å². The minimum Gasteiger partial charge on any atom is -0.545 e. The van der Waals surface area contributed by atoms with Gasteiger partial charge in [-0.3, -0.25) is 13.7 Å². The zero-order chi connectivity index (χ0) is 32.8. The minimum atomic E-state index is -4.48. The first-order chi connectivity index (χ1) is 19.0. The summed E-state index contributed by atoms with van der Waals surface area (Å²) in [4.78, 5) is 29.2. The van der Waals surface area contributed by atoms with E-state index in [1.165, 1.54) is 0 Å². The summed E-state index contributed by atoms with van der Waals surface area (Å²) in [6, 6.07) is 6.97. The van der Waals surface area contributed by atoms with Crippen molar-refractivity contribution in [2.45, 2.75) is 14.7 Å². The van der Waals surface area contributed by atoms with Crippen molar-refractivity contribution in [1.29, 1.82) is 0 Å². The number of rotatable bonds is 6. The van der Waals surface area contributed by atoms with E-state index < -0.39 is 96.9 Å². The van der Waals surface area contributed by atoms with Crippen LogP contribution in [0.25, 0.3) is 0 Å². The van der Waals surface area contributed by atoms with Crippen LogP contribution in [0.15, 0.2) is 69.3 Å². The van der Waals surface area contributed by atoms with E-state index >= 15 is 0 Å². The number of aromatic hydroxyl groups is 3. The smallest absolute Gasteiger partial charge is 0.545 e. The molecular formula is C21H15AlO18S3. The Hall–Kier alpha value is -4.27. The number of carboxylic acids is 3. The topological polar surface area (TPSA) is 344 Å². The third-order valence-corrected chi connectivity index (χ3v) is 7.01. The van der Waals surface area contributed by atoms with Crippen molar-refractivity contribution in [2.24, 2.45) is 0 Å². The molecule has 0 heterocycles. The van der Waals surface area contributed by atoms with Gasteiger partial charge in [0, 0.05) is 16.7 Å². The summed E-state index contributed by atoms with van der Waals surface area (Å²) >= 11 is 0. The Balaban J connectivity index is 0.000000608. The van der Waals surface area contributed by atoms with E-state index in [-0.39, 0.29) is 17.4 Å². The van der Waals surface area contributed by atoms with Gasteiger partial charge in [0.1, 0.15) is 17.2 Å². The van der Waals surface area contributed by atoms with Gasteiger partial charge in [-0.1, -0.05) is 0 Å². The maximum Gasteiger partial charge on any atom is 3.00 e. The van der Waals surface area contributed by atoms with Gasteiger partial charge < -0.3 is 45.0 Å². The molecule has 22 heteroatoms. The summed E-state index contributed by atoms with van der Waals surface area (Å²) in [6.45, 7) is 0. The number of hydrogen-bond acceptors (Lipinski definition) is 15. The molecule has 0 atom stereocenters. The van der Waals surface area contributed by atoms with Crippen LogP contribution in [0.1, 0.15) is 31.1 Å². The van der Waals surface area contributed by atoms with E-state index in [1.807, 2.05) is 0 Å². The van der Waals surface area contributed by atoms with Gasteiger partial charge in [0.05, 0.1) is 32.6 Å². The summed E-state index contributed by atoms with van der Waals surface area (Å²) in [5.41, 5.74) is -2.08. The molecule has 3 aromatic rings. The number of carboxylic acid groups (broad SMARTS) is 3. The van der Waals surface area contributed by atoms with Gasteiger partial charge in [0.25, 0.3) is 30.4 Å². The van der Waals surface area contributed by atoms with Crippen molar-refractivity contribution in [3.8, 4) is 17.2 Å². The number of phenols is 3. The van der Waals surface area contributed by atoms with E-state index in [9.17, 15) is 55.0 Å². The maximum atomic E-state index is 10.6. The Bertz CT molecular complexity index is 1650. The van der Waals surface area contributed by atoms with Crippen LogP contribution in [-0.2, 0) is 30.4 Å². The third-order valence-electron chi connectivity index (χ3n) is 4.46. The molecule has 3 rings (SSSR count). The largest absolute Gasteiger partial charge is 3.00 e. The van der Waals surface area contributed by atoms with Gasteiger partial charge in [-0.2, -0.15) is 25.3 Å². The van der Waals surface area contributed by atoms with Crippen molar-refractivity contribution in [2.75, 3.05) is 0 Å². The van der Waals surface area contributed by atoms with Crippen molar-refractivity contribution in [3.05, 3.63) is 71.3 Å². The van der Waals surface area contributed by atoms with Crippen molar-refractivity contribution in [1.82, 2.24) is 0 Å². The Kier molecular flexibility index (Phi) is 13.3. The molecule has 0 unspecified atom stereocenters. The van der Waals surface area contributed by atoms with Gasteiger partial charge in [-0.15, -0.1) is 0 Å². The molecule has 0 amide bonds. The molecule has 18 nitrogen and oxygen atoms in total. The molecule has 0 fully saturated rings. The van der Waals surface area contributed by atoms with Crippen LogP contribution in [-0.4, -0.2) is 89.5 Å². The number of benzene rings is 3. The second-order valence-corrected chi connectivity index (χ2v) is 11.6. The van der Waals surface area contributed by atoms with Crippen molar-refractivity contribution < 1.29 is 83.9 Å². The molecule has 3 aromatic carbocycles. The maximum absolute atomic E-state index is 10.6. The van der Waals surface area contributed by atoms with E-state index in [2.05, 4.69) is 0 Å². The molecule has 0 saturated heterocycles. The summed E-state index contributed by atoms with van der Waals surface area (Å²) < 4.78 is 89.2. The standard InChI is InChI=1S/3C7H6O6S.Al/c3*8-6-2-1-4(14(11,12)13)3-5(6)7(9)10;/h3*1-3,8H,(H,9,10)(H,11,12,13);/q;;;+3/p-3. The van der Waals surface area contributed by atoms with Gasteiger partial charge in [-0.05, 0) is 54.6 Å². The zero-order valence-electron chi connectivity index (χ0n) is 20.6. The molecule has 0 radical (unpaired) electrons. The molecule has 6 N–H and O–H groups in total. The van der Waals surface area contributed by atoms with Crippen LogP contribution in [0.4, 0.5) is 0 Å². The molecule has 0 aromatic heterocycles. The molecule has 0 aliphatic carbocycles. The average molecular weight is 679 g/mol. The number of carbonyl (C=O) groups excluding carboxylic acids is 3. The number of aromatic carboxylic acids is 3. The fourth-order valence-electron chi connectivity index (χ4n) is 2.52. The molecule has 0 bridgehead atoms. The normalized spacial score (nSPS) is 11.0.